The van der Waals surface area contributed by atoms with Crippen LogP contribution in [0.4, 0.5) is 5.69 Å². The Morgan fingerprint density at radius 3 is 2.31 bits per heavy atom. The first-order valence-electron chi connectivity index (χ1n) is 8.64. The predicted octanol–water partition coefficient (Wildman–Crippen LogP) is 4.74. The zero-order valence-corrected chi connectivity index (χ0v) is 16.4. The van der Waals surface area contributed by atoms with Gasteiger partial charge in [0.2, 0.25) is 11.8 Å². The number of halogens is 1. The molecule has 2 aromatic rings. The first-order chi connectivity index (χ1) is 12.2. The summed E-state index contributed by atoms with van der Waals surface area (Å²) in [6.45, 7) is 7.66. The van der Waals surface area contributed by atoms with Crippen LogP contribution in [-0.2, 0) is 16.1 Å². The molecule has 2 aromatic carbocycles. The van der Waals surface area contributed by atoms with Crippen LogP contribution in [-0.4, -0.2) is 22.8 Å². The summed E-state index contributed by atoms with van der Waals surface area (Å²) in [4.78, 5) is 27.6. The Balaban J connectivity index is 2.18. The van der Waals surface area contributed by atoms with Gasteiger partial charge in [0.25, 0.3) is 0 Å². The summed E-state index contributed by atoms with van der Waals surface area (Å²) in [7, 11) is 0. The van der Waals surface area contributed by atoms with Crippen molar-refractivity contribution in [1.82, 2.24) is 4.90 Å². The van der Waals surface area contributed by atoms with E-state index >= 15 is 0 Å². The van der Waals surface area contributed by atoms with Crippen molar-refractivity contribution in [2.45, 2.75) is 40.3 Å². The molecule has 0 aliphatic carbocycles. The molecular weight excluding hydrogens is 348 g/mol. The van der Waals surface area contributed by atoms with Crippen molar-refractivity contribution in [3.63, 3.8) is 0 Å². The SMILES string of the molecule is CC(C)N(Cc1ccccc1)C(=O)C(C)(C)C(=O)Nc1cccc(Cl)c1. The van der Waals surface area contributed by atoms with Crippen LogP contribution in [0, 0.1) is 5.41 Å². The smallest absolute Gasteiger partial charge is 0.239 e. The van der Waals surface area contributed by atoms with Crippen molar-refractivity contribution in [1.29, 1.82) is 0 Å². The quantitative estimate of drug-likeness (QED) is 0.744. The van der Waals surface area contributed by atoms with Crippen molar-refractivity contribution in [3.05, 3.63) is 65.2 Å². The van der Waals surface area contributed by atoms with E-state index in [1.807, 2.05) is 44.2 Å². The van der Waals surface area contributed by atoms with E-state index in [1.54, 1.807) is 43.0 Å². The molecule has 0 heterocycles. The minimum Gasteiger partial charge on any atom is -0.335 e. The maximum absolute atomic E-state index is 13.1. The summed E-state index contributed by atoms with van der Waals surface area (Å²) in [5, 5.41) is 3.32. The molecule has 0 aliphatic rings. The molecule has 26 heavy (non-hydrogen) atoms. The van der Waals surface area contributed by atoms with Gasteiger partial charge in [0.1, 0.15) is 5.41 Å². The Hall–Kier alpha value is -2.33. The molecule has 0 aromatic heterocycles. The van der Waals surface area contributed by atoms with Crippen LogP contribution < -0.4 is 5.32 Å². The summed E-state index contributed by atoms with van der Waals surface area (Å²) < 4.78 is 0. The zero-order chi connectivity index (χ0) is 19.3. The Morgan fingerprint density at radius 1 is 1.08 bits per heavy atom. The highest BCUT2D eigenvalue weighted by Gasteiger charge is 2.40. The second-order valence-electron chi connectivity index (χ2n) is 7.10. The molecule has 2 rings (SSSR count). The second kappa shape index (κ2) is 8.37. The number of hydrogen-bond donors (Lipinski definition) is 1. The van der Waals surface area contributed by atoms with Gasteiger partial charge in [-0.25, -0.2) is 0 Å². The number of amides is 2. The average molecular weight is 373 g/mol. The fraction of sp³-hybridized carbons (Fsp3) is 0.333. The predicted molar refractivity (Wildman–Crippen MR) is 106 cm³/mol. The molecule has 0 radical (unpaired) electrons. The van der Waals surface area contributed by atoms with E-state index in [2.05, 4.69) is 5.32 Å². The minimum absolute atomic E-state index is 0.0269. The van der Waals surface area contributed by atoms with E-state index in [4.69, 9.17) is 11.6 Å². The lowest BCUT2D eigenvalue weighted by Gasteiger charge is -2.34. The largest absolute Gasteiger partial charge is 0.335 e. The fourth-order valence-corrected chi connectivity index (χ4v) is 2.77. The van der Waals surface area contributed by atoms with Crippen molar-refractivity contribution in [2.75, 3.05) is 5.32 Å². The van der Waals surface area contributed by atoms with Crippen molar-refractivity contribution in [2.24, 2.45) is 5.41 Å². The normalized spacial score (nSPS) is 11.3. The lowest BCUT2D eigenvalue weighted by Crippen LogP contribution is -2.49. The topological polar surface area (TPSA) is 49.4 Å². The van der Waals surface area contributed by atoms with E-state index in [0.717, 1.165) is 5.56 Å². The van der Waals surface area contributed by atoms with Crippen LogP contribution in [0.5, 0.6) is 0 Å². The van der Waals surface area contributed by atoms with Gasteiger partial charge in [-0.05, 0) is 51.5 Å². The monoisotopic (exact) mass is 372 g/mol. The van der Waals surface area contributed by atoms with Crippen LogP contribution in [0.2, 0.25) is 5.02 Å². The van der Waals surface area contributed by atoms with E-state index in [1.165, 1.54) is 0 Å². The molecule has 0 atom stereocenters. The van der Waals surface area contributed by atoms with Gasteiger partial charge in [-0.3, -0.25) is 9.59 Å². The summed E-state index contributed by atoms with van der Waals surface area (Å²) in [6, 6.07) is 16.6. The lowest BCUT2D eigenvalue weighted by atomic mass is 9.89. The molecule has 0 saturated heterocycles. The maximum Gasteiger partial charge on any atom is 0.239 e. The summed E-state index contributed by atoms with van der Waals surface area (Å²) in [5.74, 6) is -0.570. The molecule has 0 bridgehead atoms. The van der Waals surface area contributed by atoms with Gasteiger partial charge in [0.05, 0.1) is 0 Å². The standard InChI is InChI=1S/C21H25ClN2O2/c1-15(2)24(14-16-9-6-5-7-10-16)20(26)21(3,4)19(25)23-18-12-8-11-17(22)13-18/h5-13,15H,14H2,1-4H3,(H,23,25). The number of nitrogens with zero attached hydrogens (tertiary/aromatic N) is 1. The first kappa shape index (κ1) is 20.0. The summed E-state index contributed by atoms with van der Waals surface area (Å²) in [5.41, 5.74) is 0.393. The number of nitrogens with one attached hydrogen (secondary N) is 1. The van der Waals surface area contributed by atoms with Crippen molar-refractivity contribution < 1.29 is 9.59 Å². The van der Waals surface area contributed by atoms with Gasteiger partial charge in [0, 0.05) is 23.3 Å². The molecule has 5 heteroatoms. The van der Waals surface area contributed by atoms with Gasteiger partial charge in [-0.2, -0.15) is 0 Å². The third-order valence-corrected chi connectivity index (χ3v) is 4.50. The van der Waals surface area contributed by atoms with Gasteiger partial charge in [-0.15, -0.1) is 0 Å². The third kappa shape index (κ3) is 4.85. The summed E-state index contributed by atoms with van der Waals surface area (Å²) in [6.07, 6.45) is 0. The lowest BCUT2D eigenvalue weighted by molar-refractivity contribution is -0.148. The van der Waals surface area contributed by atoms with Crippen LogP contribution in [0.15, 0.2) is 54.6 Å². The van der Waals surface area contributed by atoms with Gasteiger partial charge >= 0.3 is 0 Å². The number of anilines is 1. The maximum atomic E-state index is 13.1. The van der Waals surface area contributed by atoms with E-state index in [9.17, 15) is 9.59 Å². The zero-order valence-electron chi connectivity index (χ0n) is 15.6. The third-order valence-electron chi connectivity index (χ3n) is 4.26. The Bertz CT molecular complexity index is 773. The Labute approximate surface area is 160 Å². The molecule has 0 spiro atoms. The molecular formula is C21H25ClN2O2. The molecule has 1 N–H and O–H groups in total. The highest BCUT2D eigenvalue weighted by molar-refractivity contribution is 6.31. The molecule has 138 valence electrons. The molecule has 0 aliphatic heterocycles. The summed E-state index contributed by atoms with van der Waals surface area (Å²) >= 11 is 5.96. The number of hydrogen-bond acceptors (Lipinski definition) is 2. The second-order valence-corrected chi connectivity index (χ2v) is 7.54. The van der Waals surface area contributed by atoms with Crippen LogP contribution in [0.3, 0.4) is 0 Å². The van der Waals surface area contributed by atoms with Crippen LogP contribution >= 0.6 is 11.6 Å². The molecule has 4 nitrogen and oxygen atoms in total. The molecule has 0 unspecified atom stereocenters. The minimum atomic E-state index is -1.21. The van der Waals surface area contributed by atoms with Crippen LogP contribution in [0.1, 0.15) is 33.3 Å². The molecule has 0 fully saturated rings. The fourth-order valence-electron chi connectivity index (χ4n) is 2.58. The number of rotatable bonds is 6. The van der Waals surface area contributed by atoms with E-state index in [0.29, 0.717) is 17.3 Å². The molecule has 0 saturated carbocycles. The average Bonchev–Trinajstić information content (AvgIpc) is 2.59. The Kier molecular flexibility index (Phi) is 6.43. The van der Waals surface area contributed by atoms with Gasteiger partial charge < -0.3 is 10.2 Å². The van der Waals surface area contributed by atoms with Gasteiger partial charge in [0.15, 0.2) is 0 Å². The van der Waals surface area contributed by atoms with E-state index < -0.39 is 5.41 Å². The highest BCUT2D eigenvalue weighted by Crippen LogP contribution is 2.25. The van der Waals surface area contributed by atoms with Crippen molar-refractivity contribution in [3.8, 4) is 0 Å². The number of benzene rings is 2. The van der Waals surface area contributed by atoms with E-state index in [-0.39, 0.29) is 17.9 Å². The van der Waals surface area contributed by atoms with Crippen molar-refractivity contribution >= 4 is 29.1 Å². The van der Waals surface area contributed by atoms with Crippen LogP contribution in [0.25, 0.3) is 0 Å². The first-order valence-corrected chi connectivity index (χ1v) is 9.01. The molecule has 2 amide bonds. The Morgan fingerprint density at radius 2 is 1.73 bits per heavy atom. The highest BCUT2D eigenvalue weighted by atomic mass is 35.5. The van der Waals surface area contributed by atoms with Gasteiger partial charge in [-0.1, -0.05) is 48.0 Å². The number of carbonyl (C=O) groups excluding carboxylic acids is 2. The number of carbonyl (C=O) groups is 2.